The summed E-state index contributed by atoms with van der Waals surface area (Å²) in [7, 11) is 4.15. The summed E-state index contributed by atoms with van der Waals surface area (Å²) in [4.78, 5) is 9.05. The number of aromatic nitrogens is 3. The molecule has 1 aliphatic heterocycles. The van der Waals surface area contributed by atoms with Gasteiger partial charge < -0.3 is 20.4 Å². The van der Waals surface area contributed by atoms with E-state index >= 15 is 0 Å². The minimum Gasteiger partial charge on any atom is -0.372 e. The van der Waals surface area contributed by atoms with E-state index in [1.807, 2.05) is 0 Å². The number of nitrogens with one attached hydrogen (secondary N) is 2. The zero-order chi connectivity index (χ0) is 17.5. The second-order valence-corrected chi connectivity index (χ2v) is 6.61. The summed E-state index contributed by atoms with van der Waals surface area (Å²) in [6.45, 7) is 4.21. The van der Waals surface area contributed by atoms with E-state index in [1.54, 1.807) is 6.20 Å². The third-order valence-corrected chi connectivity index (χ3v) is 4.24. The third kappa shape index (κ3) is 5.29. The fourth-order valence-electron chi connectivity index (χ4n) is 2.91. The predicted octanol–water partition coefficient (Wildman–Crippen LogP) is 2.58. The number of hydrogen-bond donors (Lipinski definition) is 2. The highest BCUT2D eigenvalue weighted by molar-refractivity contribution is 5.59. The summed E-state index contributed by atoms with van der Waals surface area (Å²) in [5, 5.41) is 14.6. The van der Waals surface area contributed by atoms with Crippen LogP contribution in [0.2, 0.25) is 0 Å². The molecule has 7 heteroatoms. The second-order valence-electron chi connectivity index (χ2n) is 6.61. The first-order chi connectivity index (χ1) is 12.2. The van der Waals surface area contributed by atoms with Gasteiger partial charge in [0, 0.05) is 31.0 Å². The zero-order valence-electron chi connectivity index (χ0n) is 15.1. The van der Waals surface area contributed by atoms with Crippen molar-refractivity contribution in [2.75, 3.05) is 55.8 Å². The highest BCUT2D eigenvalue weighted by atomic mass is 15.3. The third-order valence-electron chi connectivity index (χ3n) is 4.24. The van der Waals surface area contributed by atoms with E-state index in [2.05, 4.69) is 74.0 Å². The van der Waals surface area contributed by atoms with E-state index < -0.39 is 0 Å². The standard InChI is InChI=1S/C18H27N7/c1-24(2)11-5-10-19-17-14-20-23-18(22-17)21-15-6-8-16(9-7-15)25-12-3-4-13-25/h6-9,14H,3-5,10-13H2,1-2H3,(H2,19,21,22,23). The van der Waals surface area contributed by atoms with Gasteiger partial charge in [0.15, 0.2) is 5.82 Å². The molecule has 0 aliphatic carbocycles. The van der Waals surface area contributed by atoms with Crippen molar-refractivity contribution in [2.24, 2.45) is 0 Å². The molecule has 7 nitrogen and oxygen atoms in total. The average Bonchev–Trinajstić information content (AvgIpc) is 3.14. The maximum atomic E-state index is 4.46. The molecule has 0 atom stereocenters. The fourth-order valence-corrected chi connectivity index (χ4v) is 2.91. The minimum atomic E-state index is 0.506. The van der Waals surface area contributed by atoms with Gasteiger partial charge >= 0.3 is 0 Å². The van der Waals surface area contributed by atoms with Crippen LogP contribution in [0.1, 0.15) is 19.3 Å². The Morgan fingerprint density at radius 1 is 1.12 bits per heavy atom. The van der Waals surface area contributed by atoms with Crippen LogP contribution in [-0.4, -0.2) is 60.4 Å². The van der Waals surface area contributed by atoms with Crippen molar-refractivity contribution in [3.8, 4) is 0 Å². The van der Waals surface area contributed by atoms with Gasteiger partial charge in [-0.05, 0) is 64.2 Å². The molecular weight excluding hydrogens is 314 g/mol. The van der Waals surface area contributed by atoms with Gasteiger partial charge in [-0.15, -0.1) is 5.10 Å². The Balaban J connectivity index is 1.54. The number of rotatable bonds is 8. The van der Waals surface area contributed by atoms with Crippen LogP contribution in [0, 0.1) is 0 Å². The molecule has 1 aromatic heterocycles. The van der Waals surface area contributed by atoms with Crippen molar-refractivity contribution in [3.05, 3.63) is 30.5 Å². The lowest BCUT2D eigenvalue weighted by atomic mass is 10.2. The fraction of sp³-hybridized carbons (Fsp3) is 0.500. The Bertz CT molecular complexity index is 651. The summed E-state index contributed by atoms with van der Waals surface area (Å²) >= 11 is 0. The highest BCUT2D eigenvalue weighted by Gasteiger charge is 2.11. The molecule has 2 aromatic rings. The topological polar surface area (TPSA) is 69.2 Å². The molecule has 0 unspecified atom stereocenters. The Kier molecular flexibility index (Phi) is 6.00. The quantitative estimate of drug-likeness (QED) is 0.715. The average molecular weight is 341 g/mol. The molecule has 1 aliphatic rings. The number of benzene rings is 1. The van der Waals surface area contributed by atoms with Crippen LogP contribution < -0.4 is 15.5 Å². The molecule has 25 heavy (non-hydrogen) atoms. The molecule has 0 spiro atoms. The minimum absolute atomic E-state index is 0.506. The molecule has 2 N–H and O–H groups in total. The van der Waals surface area contributed by atoms with Gasteiger partial charge in [0.05, 0.1) is 6.20 Å². The largest absolute Gasteiger partial charge is 0.372 e. The molecule has 0 saturated carbocycles. The van der Waals surface area contributed by atoms with Crippen molar-refractivity contribution in [1.82, 2.24) is 20.1 Å². The van der Waals surface area contributed by atoms with E-state index in [1.165, 1.54) is 18.5 Å². The summed E-state index contributed by atoms with van der Waals surface area (Å²) in [6.07, 6.45) is 5.27. The molecule has 0 amide bonds. The van der Waals surface area contributed by atoms with E-state index in [-0.39, 0.29) is 0 Å². The van der Waals surface area contributed by atoms with Gasteiger partial charge in [0.2, 0.25) is 5.95 Å². The molecule has 3 rings (SSSR count). The van der Waals surface area contributed by atoms with Crippen molar-refractivity contribution < 1.29 is 0 Å². The van der Waals surface area contributed by atoms with Crippen LogP contribution in [-0.2, 0) is 0 Å². The van der Waals surface area contributed by atoms with Crippen LogP contribution in [0.15, 0.2) is 30.5 Å². The van der Waals surface area contributed by atoms with Gasteiger partial charge in [-0.3, -0.25) is 0 Å². The second kappa shape index (κ2) is 8.62. The Hall–Kier alpha value is -2.41. The summed E-state index contributed by atoms with van der Waals surface area (Å²) < 4.78 is 0. The lowest BCUT2D eigenvalue weighted by Gasteiger charge is -2.17. The predicted molar refractivity (Wildman–Crippen MR) is 103 cm³/mol. The van der Waals surface area contributed by atoms with Crippen LogP contribution in [0.5, 0.6) is 0 Å². The summed E-state index contributed by atoms with van der Waals surface area (Å²) in [6, 6.07) is 8.41. The van der Waals surface area contributed by atoms with E-state index in [4.69, 9.17) is 0 Å². The first-order valence-electron chi connectivity index (χ1n) is 8.91. The number of nitrogens with zero attached hydrogens (tertiary/aromatic N) is 5. The first kappa shape index (κ1) is 17.4. The smallest absolute Gasteiger partial charge is 0.249 e. The Labute approximate surface area is 149 Å². The van der Waals surface area contributed by atoms with E-state index in [0.717, 1.165) is 44.1 Å². The normalized spacial score (nSPS) is 14.1. The van der Waals surface area contributed by atoms with Gasteiger partial charge in [-0.1, -0.05) is 0 Å². The van der Waals surface area contributed by atoms with Crippen molar-refractivity contribution >= 4 is 23.1 Å². The van der Waals surface area contributed by atoms with Gasteiger partial charge in [-0.25, -0.2) is 0 Å². The van der Waals surface area contributed by atoms with Crippen LogP contribution in [0.25, 0.3) is 0 Å². The molecule has 134 valence electrons. The highest BCUT2D eigenvalue weighted by Crippen LogP contribution is 2.23. The summed E-state index contributed by atoms with van der Waals surface area (Å²) in [5.41, 5.74) is 2.24. The molecule has 0 bridgehead atoms. The van der Waals surface area contributed by atoms with Crippen LogP contribution >= 0.6 is 0 Å². The maximum Gasteiger partial charge on any atom is 0.249 e. The van der Waals surface area contributed by atoms with Gasteiger partial charge in [0.25, 0.3) is 0 Å². The van der Waals surface area contributed by atoms with E-state index in [0.29, 0.717) is 5.95 Å². The lowest BCUT2D eigenvalue weighted by Crippen LogP contribution is -2.17. The molecular formula is C18H27N7. The van der Waals surface area contributed by atoms with Crippen molar-refractivity contribution in [3.63, 3.8) is 0 Å². The Morgan fingerprint density at radius 2 is 1.88 bits per heavy atom. The number of anilines is 4. The first-order valence-corrected chi connectivity index (χ1v) is 8.91. The van der Waals surface area contributed by atoms with E-state index in [9.17, 15) is 0 Å². The van der Waals surface area contributed by atoms with Crippen LogP contribution in [0.3, 0.4) is 0 Å². The molecule has 1 fully saturated rings. The number of hydrogen-bond acceptors (Lipinski definition) is 7. The SMILES string of the molecule is CN(C)CCCNc1cnnc(Nc2ccc(N3CCCC3)cc2)n1. The zero-order valence-corrected chi connectivity index (χ0v) is 15.1. The maximum absolute atomic E-state index is 4.46. The van der Waals surface area contributed by atoms with Crippen molar-refractivity contribution in [1.29, 1.82) is 0 Å². The van der Waals surface area contributed by atoms with Gasteiger partial charge in [0.1, 0.15) is 0 Å². The summed E-state index contributed by atoms with van der Waals surface area (Å²) in [5.74, 6) is 1.25. The van der Waals surface area contributed by atoms with Gasteiger partial charge in [-0.2, -0.15) is 10.1 Å². The molecule has 0 radical (unpaired) electrons. The molecule has 1 saturated heterocycles. The monoisotopic (exact) mass is 341 g/mol. The molecule has 1 aromatic carbocycles. The van der Waals surface area contributed by atoms with Crippen molar-refractivity contribution in [2.45, 2.75) is 19.3 Å². The molecule has 2 heterocycles. The lowest BCUT2D eigenvalue weighted by molar-refractivity contribution is 0.405. The Morgan fingerprint density at radius 3 is 2.60 bits per heavy atom. The van der Waals surface area contributed by atoms with Crippen LogP contribution in [0.4, 0.5) is 23.1 Å².